The number of carbonyl (C=O) groups is 1. The van der Waals surface area contributed by atoms with E-state index in [0.717, 1.165) is 5.39 Å². The molecule has 0 aliphatic rings. The largest absolute Gasteiger partial charge is 0.505 e. The summed E-state index contributed by atoms with van der Waals surface area (Å²) in [6.07, 6.45) is 3.56. The van der Waals surface area contributed by atoms with E-state index < -0.39 is 5.91 Å². The number of benzene rings is 3. The number of amides is 1. The van der Waals surface area contributed by atoms with E-state index in [0.29, 0.717) is 22.0 Å². The van der Waals surface area contributed by atoms with Crippen molar-refractivity contribution in [3.8, 4) is 17.7 Å². The van der Waals surface area contributed by atoms with Gasteiger partial charge in [-0.15, -0.1) is 0 Å². The van der Waals surface area contributed by atoms with Crippen LogP contribution < -0.4 is 15.4 Å². The third-order valence-corrected chi connectivity index (χ3v) is 4.74. The maximum absolute atomic E-state index is 12.9. The smallest absolute Gasteiger partial charge is 0.259 e. The second kappa shape index (κ2) is 8.99. The lowest BCUT2D eigenvalue weighted by atomic mass is 10.0. The van der Waals surface area contributed by atoms with Crippen molar-refractivity contribution in [1.29, 1.82) is 5.26 Å². The summed E-state index contributed by atoms with van der Waals surface area (Å²) in [5.74, 6) is -0.280. The maximum atomic E-state index is 12.9. The fourth-order valence-electron chi connectivity index (χ4n) is 2.82. The van der Waals surface area contributed by atoms with E-state index in [9.17, 15) is 9.90 Å². The van der Waals surface area contributed by atoms with Gasteiger partial charge in [-0.25, -0.2) is 4.99 Å². The zero-order valence-corrected chi connectivity index (χ0v) is 16.6. The van der Waals surface area contributed by atoms with E-state index in [-0.39, 0.29) is 17.0 Å². The number of carbonyl (C=O) groups excluding carboxylic acids is 1. The summed E-state index contributed by atoms with van der Waals surface area (Å²) in [6.45, 7) is 0. The van der Waals surface area contributed by atoms with Gasteiger partial charge in [0.25, 0.3) is 5.91 Å². The quantitative estimate of drug-likeness (QED) is 0.259. The number of aliphatic imine (C=N–C) groups is 1. The number of ether oxygens (including phenoxy) is 1. The minimum atomic E-state index is -0.506. The van der Waals surface area contributed by atoms with Crippen LogP contribution in [0.2, 0.25) is 0 Å². The molecule has 0 unspecified atom stereocenters. The third-order valence-electron chi connectivity index (χ3n) is 4.16. The number of para-hydroxylation sites is 2. The number of nitrogens with one attached hydrogen (secondary N) is 2. The fourth-order valence-corrected chi connectivity index (χ4v) is 3.15. The van der Waals surface area contributed by atoms with E-state index in [1.165, 1.54) is 18.9 Å². The van der Waals surface area contributed by atoms with Crippen LogP contribution in [0.4, 0.5) is 11.4 Å². The molecule has 1 amide bonds. The van der Waals surface area contributed by atoms with Crippen molar-refractivity contribution < 1.29 is 14.6 Å². The van der Waals surface area contributed by atoms with Crippen LogP contribution in [0.15, 0.2) is 59.6 Å². The number of anilines is 1. The molecule has 0 fully saturated rings. The molecule has 0 radical (unpaired) electrons. The summed E-state index contributed by atoms with van der Waals surface area (Å²) in [6, 6.07) is 15.9. The molecule has 0 spiro atoms. The van der Waals surface area contributed by atoms with Crippen molar-refractivity contribution in [2.24, 2.45) is 4.99 Å². The summed E-state index contributed by atoms with van der Waals surface area (Å²) in [4.78, 5) is 17.3. The Bertz CT molecular complexity index is 1140. The second-order valence-corrected chi connectivity index (χ2v) is 6.65. The molecule has 146 valence electrons. The molecule has 0 saturated carbocycles. The van der Waals surface area contributed by atoms with Crippen molar-refractivity contribution in [3.05, 3.63) is 60.2 Å². The molecule has 0 aliphatic carbocycles. The van der Waals surface area contributed by atoms with Gasteiger partial charge in [0.15, 0.2) is 17.1 Å². The number of thioether (sulfide) groups is 1. The number of rotatable bonds is 4. The molecule has 0 heterocycles. The molecule has 3 aromatic carbocycles. The first-order valence-electron chi connectivity index (χ1n) is 8.56. The van der Waals surface area contributed by atoms with Gasteiger partial charge in [0.2, 0.25) is 0 Å². The zero-order valence-electron chi connectivity index (χ0n) is 15.8. The lowest BCUT2D eigenvalue weighted by molar-refractivity contribution is 0.102. The van der Waals surface area contributed by atoms with Gasteiger partial charge in [-0.3, -0.25) is 10.1 Å². The molecule has 0 bridgehead atoms. The molecule has 8 heteroatoms. The maximum Gasteiger partial charge on any atom is 0.259 e. The SMILES string of the molecule is COc1ccccc1NC(=O)c1cc2ccccc2c(N=C(NC#N)SC)c1O. The number of nitrogens with zero attached hydrogens (tertiary/aromatic N) is 2. The molecule has 0 saturated heterocycles. The van der Waals surface area contributed by atoms with Crippen LogP contribution in [0.1, 0.15) is 10.4 Å². The first-order valence-corrected chi connectivity index (χ1v) is 9.78. The van der Waals surface area contributed by atoms with Gasteiger partial charge in [-0.1, -0.05) is 48.2 Å². The first-order chi connectivity index (χ1) is 14.1. The van der Waals surface area contributed by atoms with Crippen LogP contribution in [0.25, 0.3) is 10.8 Å². The number of hydrogen-bond acceptors (Lipinski definition) is 6. The molecule has 0 aromatic heterocycles. The molecule has 0 aliphatic heterocycles. The monoisotopic (exact) mass is 406 g/mol. The molecular formula is C21H18N4O3S. The predicted molar refractivity (Wildman–Crippen MR) is 116 cm³/mol. The topological polar surface area (TPSA) is 107 Å². The predicted octanol–water partition coefficient (Wildman–Crippen LogP) is 4.23. The van der Waals surface area contributed by atoms with Crippen LogP contribution >= 0.6 is 11.8 Å². The molecule has 7 nitrogen and oxygen atoms in total. The Labute approximate surface area is 172 Å². The van der Waals surface area contributed by atoms with E-state index in [2.05, 4.69) is 15.6 Å². The van der Waals surface area contributed by atoms with Crippen LogP contribution in [0.3, 0.4) is 0 Å². The summed E-state index contributed by atoms with van der Waals surface area (Å²) in [5, 5.41) is 26.7. The summed E-state index contributed by atoms with van der Waals surface area (Å²) in [7, 11) is 1.51. The highest BCUT2D eigenvalue weighted by Gasteiger charge is 2.19. The lowest BCUT2D eigenvalue weighted by Crippen LogP contribution is -2.14. The van der Waals surface area contributed by atoms with Gasteiger partial charge in [0.1, 0.15) is 11.4 Å². The summed E-state index contributed by atoms with van der Waals surface area (Å²) >= 11 is 1.22. The van der Waals surface area contributed by atoms with Crippen LogP contribution in [0, 0.1) is 11.5 Å². The minimum Gasteiger partial charge on any atom is -0.505 e. The Morgan fingerprint density at radius 1 is 1.21 bits per heavy atom. The Morgan fingerprint density at radius 2 is 1.93 bits per heavy atom. The zero-order chi connectivity index (χ0) is 20.8. The van der Waals surface area contributed by atoms with Crippen LogP contribution in [0.5, 0.6) is 11.5 Å². The molecule has 3 N–H and O–H groups in total. The van der Waals surface area contributed by atoms with Gasteiger partial charge in [-0.05, 0) is 29.8 Å². The third kappa shape index (κ3) is 4.25. The Kier molecular flexibility index (Phi) is 6.22. The summed E-state index contributed by atoms with van der Waals surface area (Å²) in [5.41, 5.74) is 0.750. The number of methoxy groups -OCH3 is 1. The normalized spacial score (nSPS) is 11.0. The number of hydrogen-bond donors (Lipinski definition) is 3. The van der Waals surface area contributed by atoms with Gasteiger partial charge in [0, 0.05) is 5.39 Å². The number of phenolic OH excluding ortho intramolecular Hbond substituents is 1. The van der Waals surface area contributed by atoms with E-state index in [1.54, 1.807) is 42.7 Å². The number of aromatic hydroxyl groups is 1. The Hall–Kier alpha value is -3.70. The van der Waals surface area contributed by atoms with Crippen LogP contribution in [-0.4, -0.2) is 29.5 Å². The Morgan fingerprint density at radius 3 is 2.66 bits per heavy atom. The molecular weight excluding hydrogens is 388 g/mol. The molecule has 3 rings (SSSR count). The summed E-state index contributed by atoms with van der Waals surface area (Å²) < 4.78 is 5.26. The van der Waals surface area contributed by atoms with Gasteiger partial charge in [-0.2, -0.15) is 5.26 Å². The highest BCUT2D eigenvalue weighted by molar-refractivity contribution is 8.13. The highest BCUT2D eigenvalue weighted by atomic mass is 32.2. The highest BCUT2D eigenvalue weighted by Crippen LogP contribution is 2.39. The average Bonchev–Trinajstić information content (AvgIpc) is 2.75. The van der Waals surface area contributed by atoms with Gasteiger partial charge in [0.05, 0.1) is 18.4 Å². The molecule has 29 heavy (non-hydrogen) atoms. The number of phenols is 1. The molecule has 0 atom stereocenters. The number of amidine groups is 1. The second-order valence-electron chi connectivity index (χ2n) is 5.85. The van der Waals surface area contributed by atoms with Crippen molar-refractivity contribution in [2.45, 2.75) is 0 Å². The van der Waals surface area contributed by atoms with Crippen LogP contribution in [-0.2, 0) is 0 Å². The van der Waals surface area contributed by atoms with Crippen molar-refractivity contribution in [2.75, 3.05) is 18.7 Å². The van der Waals surface area contributed by atoms with Gasteiger partial charge < -0.3 is 15.2 Å². The van der Waals surface area contributed by atoms with E-state index >= 15 is 0 Å². The lowest BCUT2D eigenvalue weighted by Gasteiger charge is -2.13. The van der Waals surface area contributed by atoms with Gasteiger partial charge >= 0.3 is 0 Å². The number of fused-ring (bicyclic) bond motifs is 1. The minimum absolute atomic E-state index is 0.0609. The number of nitriles is 1. The average molecular weight is 406 g/mol. The molecule has 3 aromatic rings. The standard InChI is InChI=1S/C21H18N4O3S/c1-28-17-10-6-5-9-16(17)24-20(27)15-11-13-7-3-4-8-14(13)18(19(15)26)25-21(29-2)23-12-22/h3-11,26H,1-2H3,(H,23,25)(H,24,27). The fraction of sp³-hybridized carbons (Fsp3) is 0.0952. The van der Waals surface area contributed by atoms with Crippen molar-refractivity contribution in [3.63, 3.8) is 0 Å². The first kappa shape index (κ1) is 20.0. The van der Waals surface area contributed by atoms with Crippen molar-refractivity contribution >= 4 is 45.0 Å². The van der Waals surface area contributed by atoms with E-state index in [1.807, 2.05) is 24.4 Å². The van der Waals surface area contributed by atoms with Crippen molar-refractivity contribution in [1.82, 2.24) is 5.32 Å². The Balaban J connectivity index is 2.12. The van der Waals surface area contributed by atoms with E-state index in [4.69, 9.17) is 10.00 Å².